The van der Waals surface area contributed by atoms with Crippen molar-refractivity contribution in [3.63, 3.8) is 0 Å². The molecule has 6 atom stereocenters. The summed E-state index contributed by atoms with van der Waals surface area (Å²) in [4.78, 5) is 27.0. The molecule has 6 unspecified atom stereocenters. The molecule has 5 aromatic carbocycles. The summed E-state index contributed by atoms with van der Waals surface area (Å²) in [6.07, 6.45) is 6.62. The van der Waals surface area contributed by atoms with Crippen LogP contribution in [0.25, 0.3) is 16.8 Å². The first-order valence-corrected chi connectivity index (χ1v) is 19.6. The van der Waals surface area contributed by atoms with Gasteiger partial charge in [-0.05, 0) is 124 Å². The monoisotopic (exact) mass is 768 g/mol. The number of methoxy groups -OCH3 is 2. The fourth-order valence-corrected chi connectivity index (χ4v) is 10.1. The lowest BCUT2D eigenvalue weighted by Crippen LogP contribution is -2.54. The van der Waals surface area contributed by atoms with Crippen LogP contribution >= 0.6 is 0 Å². The molecule has 0 bridgehead atoms. The maximum Gasteiger partial charge on any atom is 0.310 e. The second-order valence-electron chi connectivity index (χ2n) is 15.9. The van der Waals surface area contributed by atoms with Crippen LogP contribution in [0, 0.1) is 17.3 Å². The van der Waals surface area contributed by atoms with Gasteiger partial charge in [0.15, 0.2) is 23.0 Å². The molecule has 0 radical (unpaired) electrons. The molecule has 3 N–H and O–H groups in total. The predicted octanol–water partition coefficient (Wildman–Crippen LogP) is 8.61. The first-order valence-electron chi connectivity index (χ1n) is 19.6. The fraction of sp³-hybridized carbons (Fsp3) is 0.333. The van der Waals surface area contributed by atoms with Gasteiger partial charge in [0, 0.05) is 24.7 Å². The van der Waals surface area contributed by atoms with Crippen LogP contribution < -0.4 is 9.47 Å². The minimum atomic E-state index is -0.612. The van der Waals surface area contributed by atoms with Gasteiger partial charge in [-0.3, -0.25) is 9.59 Å². The third-order valence-corrected chi connectivity index (χ3v) is 12.6. The number of esters is 2. The number of benzene rings is 5. The van der Waals surface area contributed by atoms with Crippen LogP contribution in [-0.2, 0) is 44.7 Å². The molecule has 0 amide bonds. The normalized spacial score (nSPS) is 23.9. The lowest BCUT2D eigenvalue weighted by atomic mass is 9.49. The van der Waals surface area contributed by atoms with E-state index in [9.17, 15) is 24.9 Å². The predicted molar refractivity (Wildman–Crippen MR) is 217 cm³/mol. The van der Waals surface area contributed by atoms with Crippen molar-refractivity contribution >= 4 is 28.8 Å². The molecule has 0 aromatic heterocycles. The number of allylic oxidation sites excluding steroid dienone is 1. The van der Waals surface area contributed by atoms with E-state index in [1.54, 1.807) is 25.3 Å². The molecule has 8 rings (SSSR count). The number of phenols is 3. The summed E-state index contributed by atoms with van der Waals surface area (Å²) in [5, 5.41) is 33.7. The Morgan fingerprint density at radius 1 is 0.772 bits per heavy atom. The molecule has 9 nitrogen and oxygen atoms in total. The van der Waals surface area contributed by atoms with E-state index in [2.05, 4.69) is 24.3 Å². The van der Waals surface area contributed by atoms with E-state index >= 15 is 0 Å². The largest absolute Gasteiger partial charge is 0.508 e. The number of aryl methyl sites for hydroxylation is 1. The highest BCUT2D eigenvalue weighted by Gasteiger charge is 2.56. The van der Waals surface area contributed by atoms with E-state index < -0.39 is 23.6 Å². The molecule has 5 aromatic rings. The number of ether oxygens (including phenoxy) is 4. The van der Waals surface area contributed by atoms with Crippen LogP contribution in [0.2, 0.25) is 0 Å². The number of carbonyl (C=O) groups excluding carboxylic acids is 2. The van der Waals surface area contributed by atoms with Gasteiger partial charge in [0.2, 0.25) is 0 Å². The number of rotatable bonds is 8. The average Bonchev–Trinajstić information content (AvgIpc) is 3.19. The van der Waals surface area contributed by atoms with Crippen LogP contribution in [0.4, 0.5) is 0 Å². The summed E-state index contributed by atoms with van der Waals surface area (Å²) >= 11 is 0. The Balaban J connectivity index is 1.25. The topological polar surface area (TPSA) is 132 Å². The number of hydrogen-bond acceptors (Lipinski definition) is 9. The highest BCUT2D eigenvalue weighted by molar-refractivity contribution is 5.85. The molecular weight excluding hydrogens is 721 g/mol. The Labute approximate surface area is 332 Å². The molecule has 3 aliphatic carbocycles. The highest BCUT2D eigenvalue weighted by Crippen LogP contribution is 2.60. The summed E-state index contributed by atoms with van der Waals surface area (Å²) in [5.74, 6) is -0.118. The molecule has 0 spiro atoms. The van der Waals surface area contributed by atoms with Crippen molar-refractivity contribution in [3.05, 3.63) is 130 Å². The Hall–Kier alpha value is -5.96. The number of aromatic hydroxyl groups is 3. The van der Waals surface area contributed by atoms with E-state index in [4.69, 9.17) is 18.9 Å². The second kappa shape index (κ2) is 15.5. The van der Waals surface area contributed by atoms with Crippen molar-refractivity contribution in [1.29, 1.82) is 0 Å². The van der Waals surface area contributed by atoms with E-state index in [-0.39, 0.29) is 53.8 Å². The number of carbonyl (C=O) groups is 2. The van der Waals surface area contributed by atoms with Gasteiger partial charge in [-0.15, -0.1) is 0 Å². The Morgan fingerprint density at radius 3 is 2.25 bits per heavy atom. The summed E-state index contributed by atoms with van der Waals surface area (Å²) in [6, 6.07) is 28.4. The molecule has 0 saturated heterocycles. The van der Waals surface area contributed by atoms with Gasteiger partial charge in [-0.25, -0.2) is 0 Å². The third kappa shape index (κ3) is 7.51. The molecule has 1 fully saturated rings. The lowest BCUT2D eigenvalue weighted by Gasteiger charge is -2.56. The fourth-order valence-electron chi connectivity index (χ4n) is 10.1. The number of hydrogen-bond donors (Lipinski definition) is 3. The van der Waals surface area contributed by atoms with E-state index in [0.717, 1.165) is 50.6 Å². The van der Waals surface area contributed by atoms with Crippen LogP contribution in [0.15, 0.2) is 97.1 Å². The maximum absolute atomic E-state index is 13.9. The first-order chi connectivity index (χ1) is 27.5. The quantitative estimate of drug-likeness (QED) is 0.133. The molecule has 294 valence electrons. The van der Waals surface area contributed by atoms with Gasteiger partial charge in [0.25, 0.3) is 0 Å². The Bertz CT molecular complexity index is 2350. The summed E-state index contributed by atoms with van der Waals surface area (Å²) < 4.78 is 24.0. The van der Waals surface area contributed by atoms with Crippen molar-refractivity contribution in [2.75, 3.05) is 14.2 Å². The van der Waals surface area contributed by atoms with Crippen LogP contribution in [0.1, 0.15) is 65.5 Å². The van der Waals surface area contributed by atoms with Crippen molar-refractivity contribution in [3.8, 4) is 28.7 Å². The smallest absolute Gasteiger partial charge is 0.310 e. The molecule has 0 heterocycles. The third-order valence-electron chi connectivity index (χ3n) is 12.6. The lowest BCUT2D eigenvalue weighted by molar-refractivity contribution is -0.164. The average molecular weight is 769 g/mol. The summed E-state index contributed by atoms with van der Waals surface area (Å²) in [7, 11) is 3.08. The van der Waals surface area contributed by atoms with Crippen molar-refractivity contribution < 1.29 is 43.9 Å². The van der Waals surface area contributed by atoms with Gasteiger partial charge in [0.1, 0.15) is 18.0 Å². The highest BCUT2D eigenvalue weighted by atomic mass is 16.6. The minimum Gasteiger partial charge on any atom is -0.508 e. The van der Waals surface area contributed by atoms with Gasteiger partial charge in [-0.2, -0.15) is 0 Å². The van der Waals surface area contributed by atoms with Gasteiger partial charge in [0.05, 0.1) is 20.6 Å². The zero-order valence-electron chi connectivity index (χ0n) is 32.4. The van der Waals surface area contributed by atoms with Crippen LogP contribution in [0.5, 0.6) is 28.7 Å². The van der Waals surface area contributed by atoms with Gasteiger partial charge in [-0.1, -0.05) is 66.7 Å². The van der Waals surface area contributed by atoms with Gasteiger partial charge < -0.3 is 34.3 Å². The maximum atomic E-state index is 13.9. The Morgan fingerprint density at radius 2 is 1.49 bits per heavy atom. The van der Waals surface area contributed by atoms with E-state index in [1.807, 2.05) is 60.7 Å². The first kappa shape index (κ1) is 37.9. The standard InChI is InChI=1S/C48H48O9/c1-28(49)56-44-25-37(57-47(53)18-30-9-10-32-19-36(50)13-11-31(32)17-30)24-39-38-26-46(55-3)42(51)21-33(38)12-14-40(39)48(16-15-29-7-5-4-6-8-29)27-35-22-43(52)45(54-2)23-34(35)20-41(44)48/h4-11,13,15-17,19,21-23,26,37,39-41,44,50-52H,12,14,18,20,24-25,27H2,1-3H3. The van der Waals surface area contributed by atoms with Crippen LogP contribution in [-0.4, -0.2) is 53.7 Å². The number of phenolic OH excluding ortho intramolecular Hbond substituents is 3. The zero-order chi connectivity index (χ0) is 39.8. The van der Waals surface area contributed by atoms with Crippen molar-refractivity contribution in [1.82, 2.24) is 0 Å². The van der Waals surface area contributed by atoms with Crippen LogP contribution in [0.3, 0.4) is 0 Å². The molecular formula is C48H48O9. The Kier molecular flexibility index (Phi) is 10.3. The zero-order valence-corrected chi connectivity index (χ0v) is 32.4. The SMILES string of the molecule is COc1cc2c(cc1O)CC1(C=Cc3ccccc3)C(C2)C(OC(C)=O)CC(OC(=O)Cc2ccc3cc(O)ccc3c2)CC2c3cc(OC)c(O)cc3CCC21. The van der Waals surface area contributed by atoms with E-state index in [0.29, 0.717) is 37.2 Å². The summed E-state index contributed by atoms with van der Waals surface area (Å²) in [5.41, 5.74) is 5.33. The van der Waals surface area contributed by atoms with Crippen molar-refractivity contribution in [2.24, 2.45) is 17.3 Å². The van der Waals surface area contributed by atoms with E-state index in [1.165, 1.54) is 14.0 Å². The van der Waals surface area contributed by atoms with Gasteiger partial charge >= 0.3 is 11.9 Å². The molecule has 1 saturated carbocycles. The second-order valence-corrected chi connectivity index (χ2v) is 15.9. The van der Waals surface area contributed by atoms with Crippen molar-refractivity contribution in [2.45, 2.75) is 70.0 Å². The summed E-state index contributed by atoms with van der Waals surface area (Å²) in [6.45, 7) is 1.43. The molecule has 57 heavy (non-hydrogen) atoms. The molecule has 3 aliphatic rings. The minimum absolute atomic E-state index is 0.0296. The number of fused-ring (bicyclic) bond motifs is 7. The molecule has 0 aliphatic heterocycles. The molecule has 9 heteroatoms.